The summed E-state index contributed by atoms with van der Waals surface area (Å²) in [5.74, 6) is -0.200. The zero-order valence-electron chi connectivity index (χ0n) is 26.9. The summed E-state index contributed by atoms with van der Waals surface area (Å²) in [6, 6.07) is 10.4. The van der Waals surface area contributed by atoms with Crippen molar-refractivity contribution < 1.29 is 28.5 Å². The van der Waals surface area contributed by atoms with Crippen molar-refractivity contribution in [1.82, 2.24) is 14.5 Å². The van der Waals surface area contributed by atoms with Crippen LogP contribution < -0.4 is 5.32 Å². The van der Waals surface area contributed by atoms with Crippen LogP contribution in [0.25, 0.3) is 11.0 Å². The zero-order chi connectivity index (χ0) is 35.5. The highest BCUT2D eigenvalue weighted by atomic mass is 127. The normalized spacial score (nSPS) is 19.6. The zero-order valence-corrected chi connectivity index (χ0v) is 32.9. The number of ether oxygens (including phenoxy) is 5. The van der Waals surface area contributed by atoms with Gasteiger partial charge >= 0.3 is 0 Å². The smallest absolute Gasteiger partial charge is 0.232 e. The van der Waals surface area contributed by atoms with Crippen molar-refractivity contribution in [3.8, 4) is 0 Å². The predicted molar refractivity (Wildman–Crippen MR) is 200 cm³/mol. The van der Waals surface area contributed by atoms with Crippen molar-refractivity contribution in [3.63, 3.8) is 0 Å². The number of methoxy groups -OCH3 is 1. The van der Waals surface area contributed by atoms with E-state index >= 15 is 0 Å². The molecule has 1 amide bonds. The van der Waals surface area contributed by atoms with Crippen molar-refractivity contribution in [3.05, 3.63) is 82.5 Å². The lowest BCUT2D eigenvalue weighted by Gasteiger charge is -2.26. The molecule has 0 radical (unpaired) electrons. The SMILES string of the molecule is COCCOC1C(OCc2ccc(Cl)cc2Cl)C(COCc2ccc(Cl)cc2Cl)OC1n1cc(I)c2c(Cl)nc(NC(=O)C(C)(C)C)nc21. The van der Waals surface area contributed by atoms with Gasteiger partial charge in [-0.05, 0) is 58.0 Å². The first-order chi connectivity index (χ1) is 23.3. The molecule has 5 rings (SSSR count). The van der Waals surface area contributed by atoms with E-state index in [-0.39, 0.29) is 43.4 Å². The van der Waals surface area contributed by atoms with E-state index in [0.29, 0.717) is 37.7 Å². The van der Waals surface area contributed by atoms with Crippen LogP contribution in [-0.2, 0) is 41.7 Å². The van der Waals surface area contributed by atoms with Crippen molar-refractivity contribution >= 4 is 103 Å². The van der Waals surface area contributed by atoms with Gasteiger partial charge < -0.3 is 28.3 Å². The second-order valence-electron chi connectivity index (χ2n) is 12.3. The largest absolute Gasteiger partial charge is 0.382 e. The third kappa shape index (κ3) is 9.50. The van der Waals surface area contributed by atoms with Gasteiger partial charge in [-0.1, -0.05) is 90.9 Å². The molecule has 4 atom stereocenters. The summed E-state index contributed by atoms with van der Waals surface area (Å²) in [4.78, 5) is 21.9. The molecule has 2 aromatic carbocycles. The van der Waals surface area contributed by atoms with Gasteiger partial charge in [0.1, 0.15) is 29.1 Å². The monoisotopic (exact) mass is 884 g/mol. The number of rotatable bonds is 13. The highest BCUT2D eigenvalue weighted by Crippen LogP contribution is 2.40. The van der Waals surface area contributed by atoms with Crippen LogP contribution in [0.5, 0.6) is 0 Å². The number of nitrogens with zero attached hydrogens (tertiary/aromatic N) is 3. The van der Waals surface area contributed by atoms with Gasteiger partial charge in [0.15, 0.2) is 6.23 Å². The van der Waals surface area contributed by atoms with Crippen LogP contribution in [0.3, 0.4) is 0 Å². The van der Waals surface area contributed by atoms with Crippen LogP contribution in [0.2, 0.25) is 25.2 Å². The van der Waals surface area contributed by atoms with Gasteiger partial charge in [0.2, 0.25) is 11.9 Å². The fourth-order valence-corrected chi connectivity index (χ4v) is 7.21. The molecule has 3 heterocycles. The Morgan fingerprint density at radius 1 is 0.939 bits per heavy atom. The average Bonchev–Trinajstić information content (AvgIpc) is 3.54. The van der Waals surface area contributed by atoms with E-state index in [4.69, 9.17) is 86.7 Å². The molecule has 1 aliphatic rings. The fraction of sp³-hybridized carbons (Fsp3) is 0.424. The van der Waals surface area contributed by atoms with Crippen LogP contribution in [0.15, 0.2) is 42.6 Å². The lowest BCUT2D eigenvalue weighted by atomic mass is 9.96. The van der Waals surface area contributed by atoms with E-state index in [1.807, 2.05) is 16.8 Å². The Balaban J connectivity index is 1.51. The first kappa shape index (κ1) is 38.7. The van der Waals surface area contributed by atoms with Crippen LogP contribution in [0.4, 0.5) is 5.95 Å². The molecule has 0 aliphatic carbocycles. The van der Waals surface area contributed by atoms with E-state index < -0.39 is 30.0 Å². The maximum atomic E-state index is 12.8. The summed E-state index contributed by atoms with van der Waals surface area (Å²) in [5, 5.41) is 5.54. The molecule has 1 fully saturated rings. The molecule has 10 nitrogen and oxygen atoms in total. The Kier molecular flexibility index (Phi) is 13.4. The first-order valence-electron chi connectivity index (χ1n) is 15.1. The number of benzene rings is 2. The summed E-state index contributed by atoms with van der Waals surface area (Å²) in [7, 11) is 1.59. The van der Waals surface area contributed by atoms with Gasteiger partial charge in [-0.25, -0.2) is 0 Å². The third-order valence-corrected chi connectivity index (χ3v) is 9.91. The molecule has 1 aliphatic heterocycles. The minimum absolute atomic E-state index is 0.0629. The molecule has 1 N–H and O–H groups in total. The maximum absolute atomic E-state index is 12.8. The molecule has 0 spiro atoms. The number of carbonyl (C=O) groups is 1. The second-order valence-corrected chi connectivity index (χ2v) is 15.5. The highest BCUT2D eigenvalue weighted by molar-refractivity contribution is 14.1. The quantitative estimate of drug-likeness (QED) is 0.0807. The summed E-state index contributed by atoms with van der Waals surface area (Å²) in [6.07, 6.45) is -0.869. The molecule has 2 aromatic heterocycles. The number of nitrogens with one attached hydrogen (secondary N) is 1. The number of halogens is 6. The van der Waals surface area contributed by atoms with Crippen LogP contribution in [0.1, 0.15) is 38.1 Å². The van der Waals surface area contributed by atoms with Crippen LogP contribution in [0, 0.1) is 8.99 Å². The Labute approximate surface area is 323 Å². The van der Waals surface area contributed by atoms with Gasteiger partial charge in [-0.15, -0.1) is 0 Å². The standard InChI is InChI=1S/C33H34Cl5IN4O6/c1-33(2,3)31(44)42-32-40-28(38)25-23(39)13-43(29(25)41-32)30-27(47-10-9-45-4)26(48-15-18-6-8-20(35)12-22(18)37)24(49-30)16-46-14-17-5-7-19(34)11-21(17)36/h5-8,11-13,24,26-27,30H,9-10,14-16H2,1-4H3,(H,40,41,42,44). The van der Waals surface area contributed by atoms with Crippen molar-refractivity contribution in [1.29, 1.82) is 0 Å². The Morgan fingerprint density at radius 3 is 2.20 bits per heavy atom. The van der Waals surface area contributed by atoms with Gasteiger partial charge in [-0.3, -0.25) is 10.1 Å². The molecule has 49 heavy (non-hydrogen) atoms. The molecule has 264 valence electrons. The minimum atomic E-state index is -0.765. The third-order valence-electron chi connectivity index (χ3n) is 7.65. The summed E-state index contributed by atoms with van der Waals surface area (Å²) in [5.41, 5.74) is 1.25. The summed E-state index contributed by atoms with van der Waals surface area (Å²) >= 11 is 34.0. The molecule has 1 saturated heterocycles. The maximum Gasteiger partial charge on any atom is 0.232 e. The van der Waals surface area contributed by atoms with Gasteiger partial charge in [-0.2, -0.15) is 9.97 Å². The number of hydrogen-bond acceptors (Lipinski definition) is 8. The number of amides is 1. The molecule has 0 saturated carbocycles. The summed E-state index contributed by atoms with van der Waals surface area (Å²) < 4.78 is 33.7. The first-order valence-corrected chi connectivity index (χ1v) is 18.1. The fourth-order valence-electron chi connectivity index (χ4n) is 5.06. The second kappa shape index (κ2) is 16.9. The number of aromatic nitrogens is 3. The van der Waals surface area contributed by atoms with Gasteiger partial charge in [0.25, 0.3) is 0 Å². The van der Waals surface area contributed by atoms with Crippen molar-refractivity contribution in [2.45, 2.75) is 58.5 Å². The van der Waals surface area contributed by atoms with E-state index in [1.165, 1.54) is 0 Å². The predicted octanol–water partition coefficient (Wildman–Crippen LogP) is 9.02. The minimum Gasteiger partial charge on any atom is -0.382 e. The van der Waals surface area contributed by atoms with Gasteiger partial charge in [0, 0.05) is 42.4 Å². The highest BCUT2D eigenvalue weighted by Gasteiger charge is 2.48. The molecule has 4 unspecified atom stereocenters. The van der Waals surface area contributed by atoms with Crippen molar-refractivity contribution in [2.24, 2.45) is 5.41 Å². The lowest BCUT2D eigenvalue weighted by molar-refractivity contribution is -0.123. The number of hydrogen-bond donors (Lipinski definition) is 1. The summed E-state index contributed by atoms with van der Waals surface area (Å²) in [6.45, 7) is 6.43. The number of fused-ring (bicyclic) bond motifs is 1. The van der Waals surface area contributed by atoms with Gasteiger partial charge in [0.05, 0.1) is 38.4 Å². The Bertz CT molecular complexity index is 1810. The molecule has 16 heteroatoms. The lowest BCUT2D eigenvalue weighted by Crippen LogP contribution is -2.39. The molecular weight excluding hydrogens is 853 g/mol. The van der Waals surface area contributed by atoms with Crippen molar-refractivity contribution in [2.75, 3.05) is 32.2 Å². The molecule has 0 bridgehead atoms. The Hall–Kier alpha value is -1.49. The number of anilines is 1. The van der Waals surface area contributed by atoms with E-state index in [9.17, 15) is 4.79 Å². The Morgan fingerprint density at radius 2 is 1.59 bits per heavy atom. The topological polar surface area (TPSA) is 106 Å². The molecule has 4 aromatic rings. The average molecular weight is 887 g/mol. The van der Waals surface area contributed by atoms with Crippen LogP contribution >= 0.6 is 80.6 Å². The van der Waals surface area contributed by atoms with Crippen LogP contribution in [-0.4, -0.2) is 65.7 Å². The van der Waals surface area contributed by atoms with E-state index in [0.717, 1.165) is 14.7 Å². The van der Waals surface area contributed by atoms with E-state index in [1.54, 1.807) is 58.2 Å². The van der Waals surface area contributed by atoms with E-state index in [2.05, 4.69) is 32.9 Å². The number of carbonyl (C=O) groups excluding carboxylic acids is 1. The molecular formula is C33H34Cl5IN4O6.